The van der Waals surface area contributed by atoms with E-state index in [2.05, 4.69) is 31.6 Å². The van der Waals surface area contributed by atoms with Crippen LogP contribution in [0.25, 0.3) is 5.57 Å². The first-order valence-corrected chi connectivity index (χ1v) is 9.56. The molecule has 0 saturated heterocycles. The van der Waals surface area contributed by atoms with E-state index in [0.29, 0.717) is 23.5 Å². The maximum Gasteiger partial charge on any atom is 0.169 e. The minimum absolute atomic E-state index is 0.256. The van der Waals surface area contributed by atoms with E-state index in [9.17, 15) is 4.79 Å². The number of imidazole rings is 1. The van der Waals surface area contributed by atoms with E-state index in [1.54, 1.807) is 6.08 Å². The lowest BCUT2D eigenvalue weighted by Gasteiger charge is -2.13. The number of nitrogens with zero attached hydrogens (tertiary/aromatic N) is 2. The molecule has 2 aromatic rings. The topological polar surface area (TPSA) is 60.9 Å². The van der Waals surface area contributed by atoms with Crippen molar-refractivity contribution in [1.29, 1.82) is 0 Å². The summed E-state index contributed by atoms with van der Waals surface area (Å²) in [6.45, 7) is 14.2. The van der Waals surface area contributed by atoms with E-state index < -0.39 is 0 Å². The Hall–Kier alpha value is -2.85. The van der Waals surface area contributed by atoms with Crippen LogP contribution in [0.3, 0.4) is 0 Å². The lowest BCUT2D eigenvalue weighted by Crippen LogP contribution is -2.09. The first kappa shape index (κ1) is 21.5. The van der Waals surface area contributed by atoms with Gasteiger partial charge in [-0.1, -0.05) is 81.1 Å². The number of benzene rings is 1. The van der Waals surface area contributed by atoms with Crippen LogP contribution in [0.4, 0.5) is 0 Å². The predicted molar refractivity (Wildman–Crippen MR) is 117 cm³/mol. The molecule has 1 aromatic heterocycles. The van der Waals surface area contributed by atoms with Gasteiger partial charge in [0.2, 0.25) is 0 Å². The van der Waals surface area contributed by atoms with Crippen molar-refractivity contribution in [2.75, 3.05) is 0 Å². The van der Waals surface area contributed by atoms with Crippen LogP contribution < -0.4 is 5.73 Å². The summed E-state index contributed by atoms with van der Waals surface area (Å²) in [5.74, 6) is 0.832. The number of unbranched alkanes of at least 4 members (excludes halogenated alkanes) is 1. The smallest absolute Gasteiger partial charge is 0.169 e. The molecule has 0 fully saturated rings. The zero-order valence-corrected chi connectivity index (χ0v) is 17.0. The molecule has 0 radical (unpaired) electrons. The Labute approximate surface area is 171 Å². The number of aryl methyl sites for hydroxylation is 1. The highest BCUT2D eigenvalue weighted by atomic mass is 35.5. The standard InChI is InChI=1S/C23H26ClN3O/c1-5-7-9-22-26-23(24)21(15-28)27(22)14-18-10-12-19(13-11-18)20(8-6-2)16(3)17(4)25/h6,8,10-13,15H,2-5,7,9,14,25H2,1H3/b20-8+. The summed E-state index contributed by atoms with van der Waals surface area (Å²) in [5.41, 5.74) is 10.2. The molecule has 5 heteroatoms. The summed E-state index contributed by atoms with van der Waals surface area (Å²) >= 11 is 6.15. The molecule has 1 aromatic carbocycles. The number of rotatable bonds is 10. The Morgan fingerprint density at radius 2 is 1.96 bits per heavy atom. The summed E-state index contributed by atoms with van der Waals surface area (Å²) in [4.78, 5) is 15.9. The van der Waals surface area contributed by atoms with Crippen molar-refractivity contribution in [3.8, 4) is 0 Å². The fraction of sp³-hybridized carbons (Fsp3) is 0.217. The summed E-state index contributed by atoms with van der Waals surface area (Å²) in [6.07, 6.45) is 7.14. The van der Waals surface area contributed by atoms with E-state index in [1.807, 2.05) is 34.9 Å². The van der Waals surface area contributed by atoms with Crippen LogP contribution in [0.5, 0.6) is 0 Å². The normalized spacial score (nSPS) is 11.3. The Bertz CT molecular complexity index is 920. The lowest BCUT2D eigenvalue weighted by atomic mass is 9.96. The number of carbonyl (C=O) groups excluding carboxylic acids is 1. The minimum atomic E-state index is 0.256. The van der Waals surface area contributed by atoms with Gasteiger partial charge in [-0.15, -0.1) is 0 Å². The van der Waals surface area contributed by atoms with Gasteiger partial charge in [0.05, 0.1) is 0 Å². The van der Waals surface area contributed by atoms with Crippen LogP contribution in [0.2, 0.25) is 5.15 Å². The zero-order valence-electron chi connectivity index (χ0n) is 16.2. The molecule has 28 heavy (non-hydrogen) atoms. The molecular formula is C23H26ClN3O. The van der Waals surface area contributed by atoms with Crippen molar-refractivity contribution < 1.29 is 4.79 Å². The van der Waals surface area contributed by atoms with Crippen molar-refractivity contribution in [2.24, 2.45) is 5.73 Å². The Morgan fingerprint density at radius 1 is 1.29 bits per heavy atom. The highest BCUT2D eigenvalue weighted by Gasteiger charge is 2.15. The van der Waals surface area contributed by atoms with Crippen LogP contribution in [0, 0.1) is 0 Å². The Balaban J connectivity index is 2.33. The molecule has 2 rings (SSSR count). The van der Waals surface area contributed by atoms with E-state index >= 15 is 0 Å². The monoisotopic (exact) mass is 395 g/mol. The third kappa shape index (κ3) is 4.90. The highest BCUT2D eigenvalue weighted by Crippen LogP contribution is 2.26. The molecule has 0 aliphatic rings. The summed E-state index contributed by atoms with van der Waals surface area (Å²) < 4.78 is 1.89. The molecule has 0 unspecified atom stereocenters. The first-order valence-electron chi connectivity index (χ1n) is 9.19. The number of aldehydes is 1. The molecular weight excluding hydrogens is 370 g/mol. The largest absolute Gasteiger partial charge is 0.399 e. The minimum Gasteiger partial charge on any atom is -0.399 e. The number of halogens is 1. The second-order valence-corrected chi connectivity index (χ2v) is 6.89. The maximum atomic E-state index is 11.5. The fourth-order valence-corrected chi connectivity index (χ4v) is 3.17. The second kappa shape index (κ2) is 9.90. The van der Waals surface area contributed by atoms with Gasteiger partial charge >= 0.3 is 0 Å². The van der Waals surface area contributed by atoms with Crippen molar-refractivity contribution in [2.45, 2.75) is 32.7 Å². The van der Waals surface area contributed by atoms with E-state index in [1.165, 1.54) is 0 Å². The predicted octanol–water partition coefficient (Wildman–Crippen LogP) is 5.34. The molecule has 0 saturated carbocycles. The molecule has 0 atom stereocenters. The SMILES string of the molecule is C=C/C=C(\C(=C)C(=C)N)c1ccc(Cn2c(CCCC)nc(Cl)c2C=O)cc1. The number of hydrogen-bond acceptors (Lipinski definition) is 3. The average Bonchev–Trinajstić information content (AvgIpc) is 2.98. The van der Waals surface area contributed by atoms with Gasteiger partial charge in [0, 0.05) is 18.7 Å². The molecule has 0 aliphatic carbocycles. The van der Waals surface area contributed by atoms with Gasteiger partial charge < -0.3 is 10.3 Å². The molecule has 4 nitrogen and oxygen atoms in total. The molecule has 0 aliphatic heterocycles. The number of aromatic nitrogens is 2. The van der Waals surface area contributed by atoms with Crippen LogP contribution in [-0.4, -0.2) is 15.8 Å². The average molecular weight is 396 g/mol. The van der Waals surface area contributed by atoms with Gasteiger partial charge in [0.1, 0.15) is 11.5 Å². The number of allylic oxidation sites excluding steroid dienone is 3. The van der Waals surface area contributed by atoms with Crippen LogP contribution in [0.15, 0.2) is 67.4 Å². The fourth-order valence-electron chi connectivity index (χ4n) is 2.93. The van der Waals surface area contributed by atoms with Crippen LogP contribution in [0.1, 0.15) is 47.2 Å². The van der Waals surface area contributed by atoms with E-state index in [4.69, 9.17) is 17.3 Å². The van der Waals surface area contributed by atoms with Crippen molar-refractivity contribution >= 4 is 23.5 Å². The van der Waals surface area contributed by atoms with Crippen LogP contribution >= 0.6 is 11.6 Å². The van der Waals surface area contributed by atoms with Gasteiger partial charge in [-0.25, -0.2) is 4.98 Å². The Kier molecular flexibility index (Phi) is 7.59. The Morgan fingerprint density at radius 3 is 2.50 bits per heavy atom. The third-order valence-electron chi connectivity index (χ3n) is 4.51. The van der Waals surface area contributed by atoms with Crippen molar-refractivity contribution in [1.82, 2.24) is 9.55 Å². The summed E-state index contributed by atoms with van der Waals surface area (Å²) in [6, 6.07) is 7.99. The first-order chi connectivity index (χ1) is 13.4. The molecule has 0 amide bonds. The molecule has 2 N–H and O–H groups in total. The van der Waals surface area contributed by atoms with Gasteiger partial charge in [0.25, 0.3) is 0 Å². The quantitative estimate of drug-likeness (QED) is 0.436. The molecule has 1 heterocycles. The van der Waals surface area contributed by atoms with Crippen LogP contribution in [-0.2, 0) is 13.0 Å². The zero-order chi connectivity index (χ0) is 20.7. The molecule has 0 spiro atoms. The summed E-state index contributed by atoms with van der Waals surface area (Å²) in [5, 5.41) is 0.256. The van der Waals surface area contributed by atoms with Gasteiger partial charge in [-0.2, -0.15) is 0 Å². The number of carbonyl (C=O) groups is 1. The van der Waals surface area contributed by atoms with Crippen molar-refractivity contribution in [3.05, 3.63) is 95.2 Å². The van der Waals surface area contributed by atoms with Gasteiger partial charge in [-0.05, 0) is 28.7 Å². The third-order valence-corrected chi connectivity index (χ3v) is 4.79. The van der Waals surface area contributed by atoms with Crippen molar-refractivity contribution in [3.63, 3.8) is 0 Å². The number of hydrogen-bond donors (Lipinski definition) is 1. The van der Waals surface area contributed by atoms with E-state index in [-0.39, 0.29) is 5.15 Å². The lowest BCUT2D eigenvalue weighted by molar-refractivity contribution is 0.111. The van der Waals surface area contributed by atoms with Gasteiger partial charge in [0.15, 0.2) is 11.4 Å². The molecule has 146 valence electrons. The summed E-state index contributed by atoms with van der Waals surface area (Å²) in [7, 11) is 0. The van der Waals surface area contributed by atoms with E-state index in [0.717, 1.165) is 48.1 Å². The second-order valence-electron chi connectivity index (χ2n) is 6.53. The van der Waals surface area contributed by atoms with Gasteiger partial charge in [-0.3, -0.25) is 4.79 Å². The maximum absolute atomic E-state index is 11.5. The molecule has 0 bridgehead atoms. The number of nitrogens with two attached hydrogens (primary N) is 1. The highest BCUT2D eigenvalue weighted by molar-refractivity contribution is 6.31.